The third-order valence-electron chi connectivity index (χ3n) is 5.05. The molecule has 2 heterocycles. The molecule has 1 amide bonds. The Kier molecular flexibility index (Phi) is 6.39. The van der Waals surface area contributed by atoms with Crippen molar-refractivity contribution in [2.45, 2.75) is 26.4 Å². The van der Waals surface area contributed by atoms with Crippen LogP contribution < -0.4 is 15.8 Å². The van der Waals surface area contributed by atoms with E-state index in [0.29, 0.717) is 27.9 Å². The Morgan fingerprint density at radius 2 is 1.73 bits per heavy atom. The van der Waals surface area contributed by atoms with E-state index in [2.05, 4.69) is 15.3 Å². The summed E-state index contributed by atoms with van der Waals surface area (Å²) in [6.07, 6.45) is 0. The molecule has 9 heteroatoms. The molecule has 0 radical (unpaired) electrons. The number of hydrogen-bond donors (Lipinski definition) is 2. The van der Waals surface area contributed by atoms with Crippen LogP contribution in [0.5, 0.6) is 5.75 Å². The van der Waals surface area contributed by atoms with Gasteiger partial charge in [-0.1, -0.05) is 30.3 Å². The lowest BCUT2D eigenvalue weighted by molar-refractivity contribution is -0.123. The van der Waals surface area contributed by atoms with Crippen LogP contribution in [-0.4, -0.2) is 45.7 Å². The van der Waals surface area contributed by atoms with Crippen molar-refractivity contribution in [1.82, 2.24) is 19.9 Å². The van der Waals surface area contributed by atoms with Crippen LogP contribution in [0.15, 0.2) is 54.6 Å². The molecule has 0 fully saturated rings. The van der Waals surface area contributed by atoms with E-state index in [4.69, 9.17) is 15.2 Å². The second kappa shape index (κ2) is 9.56. The molecule has 33 heavy (non-hydrogen) atoms. The first-order chi connectivity index (χ1) is 16.0. The fourth-order valence-electron chi connectivity index (χ4n) is 3.61. The number of ether oxygens (including phenoxy) is 2. The van der Waals surface area contributed by atoms with Crippen molar-refractivity contribution in [3.8, 4) is 5.75 Å². The van der Waals surface area contributed by atoms with E-state index in [-0.39, 0.29) is 43.1 Å². The molecule has 0 bridgehead atoms. The van der Waals surface area contributed by atoms with Gasteiger partial charge in [-0.2, -0.15) is 0 Å². The van der Waals surface area contributed by atoms with Gasteiger partial charge in [-0.3, -0.25) is 4.79 Å². The fourth-order valence-corrected chi connectivity index (χ4v) is 3.61. The van der Waals surface area contributed by atoms with Crippen LogP contribution >= 0.6 is 0 Å². The van der Waals surface area contributed by atoms with Gasteiger partial charge >= 0.3 is 5.97 Å². The van der Waals surface area contributed by atoms with Crippen LogP contribution in [0.25, 0.3) is 22.2 Å². The summed E-state index contributed by atoms with van der Waals surface area (Å²) in [6.45, 7) is 3.94. The van der Waals surface area contributed by atoms with Crippen LogP contribution in [0.3, 0.4) is 0 Å². The average molecular weight is 447 g/mol. The third kappa shape index (κ3) is 4.72. The Labute approximate surface area is 190 Å². The number of amides is 1. The summed E-state index contributed by atoms with van der Waals surface area (Å²) >= 11 is 0. The maximum atomic E-state index is 12.6. The van der Waals surface area contributed by atoms with Gasteiger partial charge in [0.25, 0.3) is 5.91 Å². The van der Waals surface area contributed by atoms with Gasteiger partial charge < -0.3 is 25.1 Å². The van der Waals surface area contributed by atoms with Gasteiger partial charge in [0, 0.05) is 12.6 Å². The number of nitrogens with one attached hydrogen (secondary N) is 1. The number of esters is 1. The molecule has 2 aromatic heterocycles. The molecule has 0 unspecified atom stereocenters. The van der Waals surface area contributed by atoms with Crippen molar-refractivity contribution >= 4 is 39.9 Å². The highest BCUT2D eigenvalue weighted by atomic mass is 16.5. The highest BCUT2D eigenvalue weighted by Gasteiger charge is 2.26. The largest absolute Gasteiger partial charge is 0.484 e. The van der Waals surface area contributed by atoms with Crippen molar-refractivity contribution in [3.63, 3.8) is 0 Å². The lowest BCUT2D eigenvalue weighted by atomic mass is 10.2. The Morgan fingerprint density at radius 3 is 2.42 bits per heavy atom. The minimum absolute atomic E-state index is 0.116. The first-order valence-electron chi connectivity index (χ1n) is 10.7. The molecule has 0 aliphatic carbocycles. The van der Waals surface area contributed by atoms with Crippen molar-refractivity contribution in [2.24, 2.45) is 0 Å². The monoisotopic (exact) mass is 447 g/mol. The van der Waals surface area contributed by atoms with Gasteiger partial charge in [-0.25, -0.2) is 14.8 Å². The molecule has 4 aromatic rings. The van der Waals surface area contributed by atoms with Crippen molar-refractivity contribution in [3.05, 3.63) is 60.2 Å². The van der Waals surface area contributed by atoms with Gasteiger partial charge in [0.15, 0.2) is 12.3 Å². The van der Waals surface area contributed by atoms with E-state index in [0.717, 1.165) is 0 Å². The molecule has 0 saturated carbocycles. The molecule has 0 spiro atoms. The van der Waals surface area contributed by atoms with Crippen LogP contribution in [-0.2, 0) is 16.1 Å². The number of nitrogens with zero attached hydrogens (tertiary/aromatic N) is 3. The van der Waals surface area contributed by atoms with Crippen molar-refractivity contribution in [2.75, 3.05) is 18.9 Å². The fraction of sp³-hybridized carbons (Fsp3) is 0.250. The summed E-state index contributed by atoms with van der Waals surface area (Å²) in [5, 5.41) is 2.89. The lowest BCUT2D eigenvalue weighted by Gasteiger charge is -2.17. The highest BCUT2D eigenvalue weighted by Crippen LogP contribution is 2.28. The smallest absolute Gasteiger partial charge is 0.344 e. The summed E-state index contributed by atoms with van der Waals surface area (Å²) in [6, 6.07) is 16.2. The maximum absolute atomic E-state index is 12.6. The van der Waals surface area contributed by atoms with Crippen LogP contribution in [0, 0.1) is 0 Å². The first-order valence-corrected chi connectivity index (χ1v) is 10.7. The number of carbonyl (C=O) groups excluding carboxylic acids is 2. The molecule has 0 saturated heterocycles. The molecule has 4 rings (SSSR count). The van der Waals surface area contributed by atoms with Crippen LogP contribution in [0.1, 0.15) is 24.2 Å². The average Bonchev–Trinajstić information content (AvgIpc) is 3.07. The van der Waals surface area contributed by atoms with E-state index >= 15 is 0 Å². The Hall–Kier alpha value is -4.14. The van der Waals surface area contributed by atoms with Gasteiger partial charge in [0.05, 0.1) is 17.6 Å². The lowest BCUT2D eigenvalue weighted by Crippen LogP contribution is -2.38. The first kappa shape index (κ1) is 22.1. The van der Waals surface area contributed by atoms with Gasteiger partial charge in [0.2, 0.25) is 0 Å². The number of nitrogens with two attached hydrogens (primary N) is 1. The minimum Gasteiger partial charge on any atom is -0.484 e. The molecule has 0 aliphatic rings. The van der Waals surface area contributed by atoms with Crippen LogP contribution in [0.4, 0.5) is 5.82 Å². The number of anilines is 1. The second-order valence-corrected chi connectivity index (χ2v) is 7.55. The molecule has 9 nitrogen and oxygen atoms in total. The van der Waals surface area contributed by atoms with E-state index < -0.39 is 5.97 Å². The van der Waals surface area contributed by atoms with Gasteiger partial charge in [-0.15, -0.1) is 0 Å². The zero-order chi connectivity index (χ0) is 23.4. The number of nitrogen functional groups attached to an aromatic ring is 1. The third-order valence-corrected chi connectivity index (χ3v) is 5.05. The summed E-state index contributed by atoms with van der Waals surface area (Å²) in [7, 11) is 0. The number of carbonyl (C=O) groups is 2. The topological polar surface area (TPSA) is 121 Å². The molecule has 3 N–H and O–H groups in total. The number of aromatic nitrogens is 3. The SMILES string of the molecule is CCOC(=O)c1c(N)n(C[C@H](C)NC(=O)COc2ccccc2)c2nc3ccccc3nc12. The maximum Gasteiger partial charge on any atom is 0.344 e. The normalized spacial score (nSPS) is 11.9. The molecule has 170 valence electrons. The summed E-state index contributed by atoms with van der Waals surface area (Å²) in [5.74, 6) is -0.0256. The summed E-state index contributed by atoms with van der Waals surface area (Å²) in [4.78, 5) is 34.3. The highest BCUT2D eigenvalue weighted by molar-refractivity contribution is 6.08. The molecular formula is C24H25N5O4. The molecule has 1 atom stereocenters. The van der Waals surface area contributed by atoms with E-state index in [1.54, 1.807) is 23.6 Å². The molecule has 0 aliphatic heterocycles. The standard InChI is InChI=1S/C24H25N5O4/c1-3-32-24(31)20-21-23(28-18-12-8-7-11-17(18)27-21)29(22(20)25)13-15(2)26-19(30)14-33-16-9-5-4-6-10-16/h4-12,15H,3,13-14,25H2,1-2H3,(H,26,30)/t15-/m0/s1. The summed E-state index contributed by atoms with van der Waals surface area (Å²) in [5.41, 5.74) is 8.69. The zero-order valence-electron chi connectivity index (χ0n) is 18.4. The van der Waals surface area contributed by atoms with E-state index in [1.165, 1.54) is 0 Å². The van der Waals surface area contributed by atoms with Crippen LogP contribution in [0.2, 0.25) is 0 Å². The number of fused-ring (bicyclic) bond motifs is 2. The number of para-hydroxylation sites is 3. The van der Waals surface area contributed by atoms with Gasteiger partial charge in [-0.05, 0) is 38.1 Å². The predicted molar refractivity (Wildman–Crippen MR) is 125 cm³/mol. The zero-order valence-corrected chi connectivity index (χ0v) is 18.4. The molecule has 2 aromatic carbocycles. The Balaban J connectivity index is 1.59. The predicted octanol–water partition coefficient (Wildman–Crippen LogP) is 2.93. The molecular weight excluding hydrogens is 422 g/mol. The Morgan fingerprint density at radius 1 is 1.06 bits per heavy atom. The Bertz CT molecular complexity index is 1300. The van der Waals surface area contributed by atoms with Crippen molar-refractivity contribution in [1.29, 1.82) is 0 Å². The number of benzene rings is 2. The quantitative estimate of drug-likeness (QED) is 0.398. The number of rotatable bonds is 8. The number of hydrogen-bond acceptors (Lipinski definition) is 7. The second-order valence-electron chi connectivity index (χ2n) is 7.55. The summed E-state index contributed by atoms with van der Waals surface area (Å²) < 4.78 is 12.4. The van der Waals surface area contributed by atoms with Crippen molar-refractivity contribution < 1.29 is 19.1 Å². The van der Waals surface area contributed by atoms with E-state index in [9.17, 15) is 9.59 Å². The minimum atomic E-state index is -0.559. The van der Waals surface area contributed by atoms with E-state index in [1.807, 2.05) is 49.4 Å². The van der Waals surface area contributed by atoms with Gasteiger partial charge in [0.1, 0.15) is 22.6 Å².